The lowest BCUT2D eigenvalue weighted by Gasteiger charge is -2.31. The van der Waals surface area contributed by atoms with Gasteiger partial charge in [0.2, 0.25) is 6.10 Å². The molecule has 1 aromatic rings. The summed E-state index contributed by atoms with van der Waals surface area (Å²) in [6.07, 6.45) is 1.58. The minimum absolute atomic E-state index is 0.156. The fourth-order valence-electron chi connectivity index (χ4n) is 2.13. The molecule has 5 heteroatoms. The fraction of sp³-hybridized carbons (Fsp3) is 0.533. The molecule has 0 bridgehead atoms. The van der Waals surface area contributed by atoms with Crippen molar-refractivity contribution >= 4 is 5.91 Å². The highest BCUT2D eigenvalue weighted by atomic mass is 16.6. The molecular formula is C15H21NO4. The van der Waals surface area contributed by atoms with E-state index >= 15 is 0 Å². The SMILES string of the molecule is CC1Oc2ccccc2OC1C(=O)NCCCCCO. The van der Waals surface area contributed by atoms with Crippen LogP contribution >= 0.6 is 0 Å². The maximum Gasteiger partial charge on any atom is 0.265 e. The quantitative estimate of drug-likeness (QED) is 0.774. The number of hydrogen-bond donors (Lipinski definition) is 2. The van der Waals surface area contributed by atoms with E-state index in [1.54, 1.807) is 6.07 Å². The number of fused-ring (bicyclic) bond motifs is 1. The number of hydrogen-bond acceptors (Lipinski definition) is 4. The Kier molecular flexibility index (Phi) is 5.24. The number of carbonyl (C=O) groups excluding carboxylic acids is 1. The zero-order valence-electron chi connectivity index (χ0n) is 11.7. The van der Waals surface area contributed by atoms with Gasteiger partial charge in [0, 0.05) is 13.2 Å². The lowest BCUT2D eigenvalue weighted by atomic mass is 10.1. The first-order valence-corrected chi connectivity index (χ1v) is 7.03. The van der Waals surface area contributed by atoms with Gasteiger partial charge in [-0.25, -0.2) is 0 Å². The van der Waals surface area contributed by atoms with Gasteiger partial charge < -0.3 is 19.9 Å². The number of para-hydroxylation sites is 2. The minimum Gasteiger partial charge on any atom is -0.482 e. The standard InChI is InChI=1S/C15H21NO4/c1-11-14(15(18)16-9-5-2-6-10-17)20-13-8-4-3-7-12(13)19-11/h3-4,7-8,11,14,17H,2,5-6,9-10H2,1H3,(H,16,18). The number of ether oxygens (including phenoxy) is 2. The van der Waals surface area contributed by atoms with E-state index in [0.717, 1.165) is 19.3 Å². The summed E-state index contributed by atoms with van der Waals surface area (Å²) in [7, 11) is 0. The molecule has 1 aliphatic rings. The second-order valence-corrected chi connectivity index (χ2v) is 4.88. The molecule has 2 rings (SSSR count). The summed E-state index contributed by atoms with van der Waals surface area (Å²) in [4.78, 5) is 12.1. The van der Waals surface area contributed by atoms with Crippen molar-refractivity contribution in [2.75, 3.05) is 13.2 Å². The first-order chi connectivity index (χ1) is 9.72. The Bertz CT molecular complexity index is 449. The Morgan fingerprint density at radius 2 is 1.90 bits per heavy atom. The summed E-state index contributed by atoms with van der Waals surface area (Å²) >= 11 is 0. The molecule has 0 radical (unpaired) electrons. The number of benzene rings is 1. The highest BCUT2D eigenvalue weighted by molar-refractivity contribution is 5.82. The van der Waals surface area contributed by atoms with Crippen LogP contribution < -0.4 is 14.8 Å². The average molecular weight is 279 g/mol. The smallest absolute Gasteiger partial charge is 0.265 e. The second-order valence-electron chi connectivity index (χ2n) is 4.88. The second kappa shape index (κ2) is 7.14. The number of aliphatic hydroxyl groups excluding tert-OH is 1. The molecule has 0 fully saturated rings. The van der Waals surface area contributed by atoms with Gasteiger partial charge in [0.15, 0.2) is 11.5 Å². The molecule has 0 saturated carbocycles. The van der Waals surface area contributed by atoms with Gasteiger partial charge in [-0.15, -0.1) is 0 Å². The molecule has 2 N–H and O–H groups in total. The van der Waals surface area contributed by atoms with Crippen LogP contribution in [0.1, 0.15) is 26.2 Å². The summed E-state index contributed by atoms with van der Waals surface area (Å²) in [6, 6.07) is 7.34. The third-order valence-corrected chi connectivity index (χ3v) is 3.23. The number of nitrogens with one attached hydrogen (secondary N) is 1. The van der Waals surface area contributed by atoms with Crippen molar-refractivity contribution in [2.45, 2.75) is 38.4 Å². The Morgan fingerprint density at radius 1 is 1.20 bits per heavy atom. The van der Waals surface area contributed by atoms with E-state index in [-0.39, 0.29) is 18.6 Å². The van der Waals surface area contributed by atoms with E-state index in [0.29, 0.717) is 18.0 Å². The number of carbonyl (C=O) groups is 1. The fourth-order valence-corrected chi connectivity index (χ4v) is 2.13. The minimum atomic E-state index is -0.622. The Hall–Kier alpha value is -1.75. The van der Waals surface area contributed by atoms with Crippen LogP contribution in [0, 0.1) is 0 Å². The maximum atomic E-state index is 12.1. The van der Waals surface area contributed by atoms with Gasteiger partial charge in [0.1, 0.15) is 6.10 Å². The molecule has 0 aliphatic carbocycles. The van der Waals surface area contributed by atoms with E-state index in [1.165, 1.54) is 0 Å². The van der Waals surface area contributed by atoms with Gasteiger partial charge >= 0.3 is 0 Å². The summed E-state index contributed by atoms with van der Waals surface area (Å²) in [5.41, 5.74) is 0. The van der Waals surface area contributed by atoms with E-state index in [2.05, 4.69) is 5.32 Å². The summed E-state index contributed by atoms with van der Waals surface area (Å²) in [5.74, 6) is 1.12. The van der Waals surface area contributed by atoms with Gasteiger partial charge in [-0.05, 0) is 38.3 Å². The number of amides is 1. The molecular weight excluding hydrogens is 258 g/mol. The van der Waals surface area contributed by atoms with Crippen LogP contribution in [-0.4, -0.2) is 36.4 Å². The molecule has 1 heterocycles. The number of rotatable bonds is 6. The Labute approximate surface area is 118 Å². The first-order valence-electron chi connectivity index (χ1n) is 7.03. The predicted molar refractivity (Wildman–Crippen MR) is 74.9 cm³/mol. The van der Waals surface area contributed by atoms with E-state index < -0.39 is 6.10 Å². The third-order valence-electron chi connectivity index (χ3n) is 3.23. The summed E-state index contributed by atoms with van der Waals surface area (Å²) < 4.78 is 11.4. The number of aliphatic hydroxyl groups is 1. The zero-order valence-corrected chi connectivity index (χ0v) is 11.7. The normalized spacial score (nSPS) is 20.5. The van der Waals surface area contributed by atoms with Crippen LogP contribution in [0.3, 0.4) is 0 Å². The summed E-state index contributed by atoms with van der Waals surface area (Å²) in [6.45, 7) is 2.61. The molecule has 1 aliphatic heterocycles. The average Bonchev–Trinajstić information content (AvgIpc) is 2.46. The molecule has 1 aromatic carbocycles. The highest BCUT2D eigenvalue weighted by Crippen LogP contribution is 2.33. The molecule has 110 valence electrons. The van der Waals surface area contributed by atoms with Gasteiger partial charge in [0.05, 0.1) is 0 Å². The lowest BCUT2D eigenvalue weighted by molar-refractivity contribution is -0.133. The van der Waals surface area contributed by atoms with Crippen LogP contribution in [0.25, 0.3) is 0 Å². The summed E-state index contributed by atoms with van der Waals surface area (Å²) in [5, 5.41) is 11.5. The predicted octanol–water partition coefficient (Wildman–Crippen LogP) is 1.49. The van der Waals surface area contributed by atoms with Crippen LogP contribution in [0.5, 0.6) is 11.5 Å². The van der Waals surface area contributed by atoms with Gasteiger partial charge in [0.25, 0.3) is 5.91 Å². The van der Waals surface area contributed by atoms with Crippen molar-refractivity contribution in [2.24, 2.45) is 0 Å². The molecule has 2 unspecified atom stereocenters. The van der Waals surface area contributed by atoms with Crippen molar-refractivity contribution in [3.63, 3.8) is 0 Å². The van der Waals surface area contributed by atoms with E-state index in [1.807, 2.05) is 25.1 Å². The largest absolute Gasteiger partial charge is 0.482 e. The highest BCUT2D eigenvalue weighted by Gasteiger charge is 2.33. The molecule has 0 spiro atoms. The topological polar surface area (TPSA) is 67.8 Å². The first kappa shape index (κ1) is 14.7. The van der Waals surface area contributed by atoms with Gasteiger partial charge in [-0.2, -0.15) is 0 Å². The molecule has 2 atom stereocenters. The van der Waals surface area contributed by atoms with Crippen molar-refractivity contribution in [3.05, 3.63) is 24.3 Å². The van der Waals surface area contributed by atoms with Gasteiger partial charge in [-0.1, -0.05) is 12.1 Å². The molecule has 5 nitrogen and oxygen atoms in total. The zero-order chi connectivity index (χ0) is 14.4. The molecule has 0 aromatic heterocycles. The monoisotopic (exact) mass is 279 g/mol. The molecule has 1 amide bonds. The van der Waals surface area contributed by atoms with Crippen LogP contribution in [-0.2, 0) is 4.79 Å². The van der Waals surface area contributed by atoms with Crippen molar-refractivity contribution in [1.82, 2.24) is 5.32 Å². The van der Waals surface area contributed by atoms with Crippen LogP contribution in [0.15, 0.2) is 24.3 Å². The number of unbranched alkanes of at least 4 members (excludes halogenated alkanes) is 2. The Balaban J connectivity index is 1.85. The molecule has 0 saturated heterocycles. The third kappa shape index (κ3) is 3.63. The van der Waals surface area contributed by atoms with E-state index in [4.69, 9.17) is 14.6 Å². The van der Waals surface area contributed by atoms with Crippen molar-refractivity contribution in [3.8, 4) is 11.5 Å². The van der Waals surface area contributed by atoms with Gasteiger partial charge in [-0.3, -0.25) is 4.79 Å². The molecule has 20 heavy (non-hydrogen) atoms. The lowest BCUT2D eigenvalue weighted by Crippen LogP contribution is -2.49. The Morgan fingerprint density at radius 3 is 2.60 bits per heavy atom. The van der Waals surface area contributed by atoms with Crippen LogP contribution in [0.2, 0.25) is 0 Å². The van der Waals surface area contributed by atoms with Crippen molar-refractivity contribution < 1.29 is 19.4 Å². The van der Waals surface area contributed by atoms with Crippen molar-refractivity contribution in [1.29, 1.82) is 0 Å². The van der Waals surface area contributed by atoms with Crippen LogP contribution in [0.4, 0.5) is 0 Å². The maximum absolute atomic E-state index is 12.1. The van der Waals surface area contributed by atoms with E-state index in [9.17, 15) is 4.79 Å².